The summed E-state index contributed by atoms with van der Waals surface area (Å²) in [5.41, 5.74) is 4.29. The van der Waals surface area contributed by atoms with Crippen LogP contribution in [0.25, 0.3) is 11.1 Å². The van der Waals surface area contributed by atoms with Crippen LogP contribution in [0.2, 0.25) is 0 Å². The fraction of sp³-hybridized carbons (Fsp3) is 0.290. The number of nitrogens with zero attached hydrogens (tertiary/aromatic N) is 3. The van der Waals surface area contributed by atoms with Crippen LogP contribution < -0.4 is 4.90 Å². The summed E-state index contributed by atoms with van der Waals surface area (Å²) in [5.74, 6) is -1.54. The molecule has 0 saturated carbocycles. The Kier molecular flexibility index (Phi) is 7.51. The van der Waals surface area contributed by atoms with Crippen LogP contribution in [0.4, 0.5) is 15.8 Å². The highest BCUT2D eigenvalue weighted by Gasteiger charge is 2.34. The monoisotopic (exact) mass is 561 g/mol. The molecule has 0 aliphatic carbocycles. The molecule has 5 rings (SSSR count). The molecule has 0 radical (unpaired) electrons. The van der Waals surface area contributed by atoms with Gasteiger partial charge in [0.1, 0.15) is 5.69 Å². The molecule has 40 heavy (non-hydrogen) atoms. The SMILES string of the molecule is CCCCc1nc(O)c(S(=O)(=O)c2ccc(-c3ccnc(F)c3C)cc2)c(O)c1N1CCC(C)c2ccccc21. The van der Waals surface area contributed by atoms with Crippen LogP contribution in [0.3, 0.4) is 0 Å². The van der Waals surface area contributed by atoms with E-state index in [1.54, 1.807) is 25.1 Å². The Balaban J connectivity index is 1.64. The van der Waals surface area contributed by atoms with Crippen molar-refractivity contribution in [1.29, 1.82) is 0 Å². The van der Waals surface area contributed by atoms with Crippen molar-refractivity contribution in [2.45, 2.75) is 62.2 Å². The molecule has 9 heteroatoms. The molecule has 0 bridgehead atoms. The van der Waals surface area contributed by atoms with Crippen molar-refractivity contribution < 1.29 is 23.0 Å². The summed E-state index contributed by atoms with van der Waals surface area (Å²) in [5, 5.41) is 22.5. The van der Waals surface area contributed by atoms with E-state index < -0.39 is 32.3 Å². The van der Waals surface area contributed by atoms with Crippen LogP contribution in [0.1, 0.15) is 55.8 Å². The minimum atomic E-state index is -4.38. The maximum absolute atomic E-state index is 14.0. The van der Waals surface area contributed by atoms with Gasteiger partial charge in [0.25, 0.3) is 0 Å². The van der Waals surface area contributed by atoms with E-state index in [1.165, 1.54) is 18.3 Å². The van der Waals surface area contributed by atoms with E-state index >= 15 is 0 Å². The largest absolute Gasteiger partial charge is 0.504 e. The highest BCUT2D eigenvalue weighted by molar-refractivity contribution is 7.91. The Morgan fingerprint density at radius 1 is 1.07 bits per heavy atom. The van der Waals surface area contributed by atoms with Gasteiger partial charge >= 0.3 is 0 Å². The number of pyridine rings is 2. The Morgan fingerprint density at radius 2 is 1.80 bits per heavy atom. The third-order valence-corrected chi connectivity index (χ3v) is 9.43. The first-order valence-electron chi connectivity index (χ1n) is 13.4. The molecule has 7 nitrogen and oxygen atoms in total. The molecule has 3 heterocycles. The summed E-state index contributed by atoms with van der Waals surface area (Å²) < 4.78 is 41.7. The van der Waals surface area contributed by atoms with Crippen LogP contribution >= 0.6 is 0 Å². The van der Waals surface area contributed by atoms with Crippen molar-refractivity contribution in [1.82, 2.24) is 9.97 Å². The summed E-state index contributed by atoms with van der Waals surface area (Å²) in [4.78, 5) is 9.15. The number of aromatic hydroxyl groups is 2. The fourth-order valence-electron chi connectivity index (χ4n) is 5.37. The second-order valence-electron chi connectivity index (χ2n) is 10.2. The van der Waals surface area contributed by atoms with Crippen molar-refractivity contribution >= 4 is 21.2 Å². The lowest BCUT2D eigenvalue weighted by atomic mass is 9.91. The second-order valence-corrected chi connectivity index (χ2v) is 12.1. The number of hydrogen-bond acceptors (Lipinski definition) is 7. The molecule has 1 aliphatic heterocycles. The first-order chi connectivity index (χ1) is 19.1. The zero-order valence-corrected chi connectivity index (χ0v) is 23.5. The molecule has 1 aliphatic rings. The standard InChI is InChI=1S/C31H32FN3O4S/c1-4-5-9-25-27(35-18-16-19(2)23-8-6-7-10-26(23)35)28(36)29(31(37)34-25)40(38,39)22-13-11-21(12-14-22)24-15-17-33-30(32)20(24)3/h6-8,10-15,17,19H,4-5,9,16,18H2,1-3H3,(H2,34,36,37). The van der Waals surface area contributed by atoms with Crippen LogP contribution in [0.15, 0.2) is 70.6 Å². The van der Waals surface area contributed by atoms with Gasteiger partial charge in [0, 0.05) is 24.0 Å². The van der Waals surface area contributed by atoms with Crippen molar-refractivity contribution in [3.63, 3.8) is 0 Å². The maximum atomic E-state index is 14.0. The molecule has 0 spiro atoms. The number of hydrogen-bond donors (Lipinski definition) is 2. The highest BCUT2D eigenvalue weighted by Crippen LogP contribution is 2.48. The first kappa shape index (κ1) is 27.6. The molecule has 0 saturated heterocycles. The number of fused-ring (bicyclic) bond motifs is 1. The number of anilines is 2. The molecular formula is C31H32FN3O4S. The van der Waals surface area contributed by atoms with Gasteiger partial charge in [-0.3, -0.25) is 0 Å². The Hall–Kier alpha value is -3.98. The second kappa shape index (κ2) is 10.9. The molecule has 0 amide bonds. The molecular weight excluding hydrogens is 529 g/mol. The quantitative estimate of drug-likeness (QED) is 0.239. The topological polar surface area (TPSA) is 104 Å². The van der Waals surface area contributed by atoms with Crippen molar-refractivity contribution in [3.05, 3.63) is 83.6 Å². The molecule has 4 aromatic rings. The number of halogens is 1. The molecule has 1 unspecified atom stereocenters. The number of para-hydroxylation sites is 1. The van der Waals surface area contributed by atoms with Crippen LogP contribution in [0.5, 0.6) is 11.6 Å². The van der Waals surface area contributed by atoms with Gasteiger partial charge in [-0.15, -0.1) is 0 Å². The summed E-state index contributed by atoms with van der Waals surface area (Å²) in [6.07, 6.45) is 4.25. The Labute approximate surface area is 233 Å². The fourth-order valence-corrected chi connectivity index (χ4v) is 6.73. The van der Waals surface area contributed by atoms with Gasteiger partial charge in [0.2, 0.25) is 21.7 Å². The Bertz CT molecular complexity index is 1670. The van der Waals surface area contributed by atoms with Crippen molar-refractivity contribution in [3.8, 4) is 22.8 Å². The van der Waals surface area contributed by atoms with E-state index in [9.17, 15) is 23.0 Å². The average molecular weight is 562 g/mol. The lowest BCUT2D eigenvalue weighted by Gasteiger charge is -2.36. The maximum Gasteiger partial charge on any atom is 0.234 e. The van der Waals surface area contributed by atoms with Gasteiger partial charge in [-0.2, -0.15) is 4.39 Å². The zero-order valence-electron chi connectivity index (χ0n) is 22.7. The predicted molar refractivity (Wildman–Crippen MR) is 152 cm³/mol. The third-order valence-electron chi connectivity index (χ3n) is 7.62. The van der Waals surface area contributed by atoms with E-state index in [2.05, 4.69) is 16.9 Å². The van der Waals surface area contributed by atoms with E-state index in [1.807, 2.05) is 36.1 Å². The van der Waals surface area contributed by atoms with Gasteiger partial charge in [-0.1, -0.05) is 50.6 Å². The van der Waals surface area contributed by atoms with Gasteiger partial charge in [0.15, 0.2) is 10.6 Å². The van der Waals surface area contributed by atoms with E-state index in [4.69, 9.17) is 0 Å². The van der Waals surface area contributed by atoms with Gasteiger partial charge < -0.3 is 15.1 Å². The molecule has 2 aromatic heterocycles. The highest BCUT2D eigenvalue weighted by atomic mass is 32.2. The Morgan fingerprint density at radius 3 is 2.52 bits per heavy atom. The first-order valence-corrected chi connectivity index (χ1v) is 14.9. The van der Waals surface area contributed by atoms with E-state index in [0.29, 0.717) is 47.0 Å². The smallest absolute Gasteiger partial charge is 0.234 e. The lowest BCUT2D eigenvalue weighted by Crippen LogP contribution is -2.28. The van der Waals surface area contributed by atoms with Crippen molar-refractivity contribution in [2.24, 2.45) is 0 Å². The van der Waals surface area contributed by atoms with Gasteiger partial charge in [0.05, 0.1) is 10.6 Å². The molecule has 2 aromatic carbocycles. The minimum absolute atomic E-state index is 0.129. The number of unbranched alkanes of at least 4 members (excludes halogenated alkanes) is 1. The minimum Gasteiger partial charge on any atom is -0.504 e. The molecule has 2 N–H and O–H groups in total. The van der Waals surface area contributed by atoms with Crippen LogP contribution in [-0.2, 0) is 16.3 Å². The van der Waals surface area contributed by atoms with E-state index in [0.717, 1.165) is 30.5 Å². The summed E-state index contributed by atoms with van der Waals surface area (Å²) in [6.45, 7) is 6.34. The number of aromatic nitrogens is 2. The normalized spacial score (nSPS) is 15.2. The summed E-state index contributed by atoms with van der Waals surface area (Å²) >= 11 is 0. The van der Waals surface area contributed by atoms with Crippen LogP contribution in [0, 0.1) is 12.9 Å². The number of rotatable bonds is 7. The number of sulfone groups is 1. The summed E-state index contributed by atoms with van der Waals surface area (Å²) in [6, 6.07) is 15.4. The number of benzene rings is 2. The van der Waals surface area contributed by atoms with Gasteiger partial charge in [-0.25, -0.2) is 18.4 Å². The van der Waals surface area contributed by atoms with Crippen molar-refractivity contribution in [2.75, 3.05) is 11.4 Å². The number of aryl methyl sites for hydroxylation is 1. The van der Waals surface area contributed by atoms with Crippen LogP contribution in [-0.4, -0.2) is 35.1 Å². The van der Waals surface area contributed by atoms with E-state index in [-0.39, 0.29) is 4.90 Å². The molecule has 208 valence electrons. The molecule has 1 atom stereocenters. The summed E-state index contributed by atoms with van der Waals surface area (Å²) in [7, 11) is -4.38. The average Bonchev–Trinajstić information content (AvgIpc) is 2.94. The lowest BCUT2D eigenvalue weighted by molar-refractivity contribution is 0.404. The molecule has 0 fully saturated rings. The third kappa shape index (κ3) is 4.79. The van der Waals surface area contributed by atoms with Gasteiger partial charge in [-0.05, 0) is 73.1 Å². The zero-order chi connectivity index (χ0) is 28.6. The predicted octanol–water partition coefficient (Wildman–Crippen LogP) is 6.82.